The van der Waals surface area contributed by atoms with Gasteiger partial charge in [-0.25, -0.2) is 0 Å². The lowest BCUT2D eigenvalue weighted by molar-refractivity contribution is 0.0939. The van der Waals surface area contributed by atoms with E-state index >= 15 is 0 Å². The second-order valence-electron chi connectivity index (χ2n) is 7.94. The summed E-state index contributed by atoms with van der Waals surface area (Å²) in [4.78, 5) is 19.1. The van der Waals surface area contributed by atoms with Gasteiger partial charge in [0.1, 0.15) is 0 Å². The second kappa shape index (κ2) is 15.5. The van der Waals surface area contributed by atoms with Gasteiger partial charge in [-0.05, 0) is 69.9 Å². The van der Waals surface area contributed by atoms with Crippen LogP contribution in [0.4, 0.5) is 0 Å². The van der Waals surface area contributed by atoms with Gasteiger partial charge in [0.2, 0.25) is 0 Å². The van der Waals surface area contributed by atoms with Gasteiger partial charge in [-0.15, -0.1) is 24.0 Å². The Hall–Kier alpha value is -1.35. The first kappa shape index (κ1) is 26.7. The van der Waals surface area contributed by atoms with Gasteiger partial charge in [-0.3, -0.25) is 9.79 Å². The number of guanidine groups is 1. The third-order valence-electron chi connectivity index (χ3n) is 5.53. The molecule has 1 aromatic rings. The number of benzene rings is 1. The van der Waals surface area contributed by atoms with E-state index in [1.165, 1.54) is 38.8 Å². The van der Waals surface area contributed by atoms with Gasteiger partial charge in [-0.1, -0.05) is 31.9 Å². The third kappa shape index (κ3) is 10.1. The van der Waals surface area contributed by atoms with Crippen LogP contribution in [0.3, 0.4) is 0 Å². The fourth-order valence-electron chi connectivity index (χ4n) is 3.46. The van der Waals surface area contributed by atoms with Gasteiger partial charge in [0.15, 0.2) is 5.96 Å². The maximum Gasteiger partial charge on any atom is 0.251 e. The van der Waals surface area contributed by atoms with Crippen molar-refractivity contribution in [1.29, 1.82) is 0 Å². The number of carbonyl (C=O) groups is 1. The summed E-state index contributed by atoms with van der Waals surface area (Å²) >= 11 is 0. The van der Waals surface area contributed by atoms with Crippen LogP contribution in [0, 0.1) is 0 Å². The molecule has 1 unspecified atom stereocenters. The van der Waals surface area contributed by atoms with E-state index in [9.17, 15) is 4.79 Å². The average molecular weight is 530 g/mol. The molecule has 2 rings (SSSR count). The molecule has 0 spiro atoms. The lowest BCUT2D eigenvalue weighted by atomic mass is 10.1. The van der Waals surface area contributed by atoms with Crippen LogP contribution in [0.25, 0.3) is 0 Å². The molecule has 1 fully saturated rings. The third-order valence-corrected chi connectivity index (χ3v) is 5.53. The normalized spacial score (nSPS) is 16.2. The van der Waals surface area contributed by atoms with Crippen molar-refractivity contribution in [2.45, 2.75) is 65.0 Å². The van der Waals surface area contributed by atoms with Crippen molar-refractivity contribution in [2.24, 2.45) is 4.99 Å². The van der Waals surface area contributed by atoms with Crippen molar-refractivity contribution in [3.63, 3.8) is 0 Å². The number of rotatable bonds is 9. The van der Waals surface area contributed by atoms with Crippen molar-refractivity contribution < 1.29 is 4.79 Å². The number of carbonyl (C=O) groups excluding carboxylic acids is 1. The van der Waals surface area contributed by atoms with Gasteiger partial charge in [0.05, 0.1) is 0 Å². The molecule has 0 bridgehead atoms. The Balaban J connectivity index is 0.00000450. The Labute approximate surface area is 199 Å². The highest BCUT2D eigenvalue weighted by Crippen LogP contribution is 2.09. The minimum atomic E-state index is -0.0132. The highest BCUT2D eigenvalue weighted by atomic mass is 127. The van der Waals surface area contributed by atoms with Crippen molar-refractivity contribution in [2.75, 3.05) is 33.2 Å². The van der Waals surface area contributed by atoms with Gasteiger partial charge in [0, 0.05) is 31.7 Å². The van der Waals surface area contributed by atoms with Crippen LogP contribution >= 0.6 is 24.0 Å². The van der Waals surface area contributed by atoms with Gasteiger partial charge in [0.25, 0.3) is 5.91 Å². The summed E-state index contributed by atoms with van der Waals surface area (Å²) in [5, 5.41) is 9.74. The Bertz CT molecular complexity index is 627. The topological polar surface area (TPSA) is 68.8 Å². The Kier molecular flexibility index (Phi) is 13.7. The number of amides is 1. The predicted octanol–water partition coefficient (Wildman–Crippen LogP) is 3.76. The Morgan fingerprint density at radius 1 is 1.10 bits per heavy atom. The maximum atomic E-state index is 12.2. The standard InChI is InChI=1S/C23H39N5O.HI/c1-4-19(2)27-22(29)21-12-10-20(11-13-21)18-26-23(24-3)25-14-9-17-28-15-7-5-6-8-16-28;/h10-13,19H,4-9,14-18H2,1-3H3,(H,27,29)(H2,24,25,26);1H. The zero-order valence-corrected chi connectivity index (χ0v) is 21.2. The first-order valence-corrected chi connectivity index (χ1v) is 11.2. The van der Waals surface area contributed by atoms with Crippen molar-refractivity contribution >= 4 is 35.8 Å². The molecule has 170 valence electrons. The number of hydrogen-bond donors (Lipinski definition) is 3. The van der Waals surface area contributed by atoms with E-state index in [1.54, 1.807) is 7.05 Å². The molecule has 1 aliphatic heterocycles. The quantitative estimate of drug-likeness (QED) is 0.197. The summed E-state index contributed by atoms with van der Waals surface area (Å²) in [5.41, 5.74) is 1.82. The molecule has 1 saturated heterocycles. The zero-order valence-electron chi connectivity index (χ0n) is 18.9. The molecule has 30 heavy (non-hydrogen) atoms. The van der Waals surface area contributed by atoms with E-state index < -0.39 is 0 Å². The summed E-state index contributed by atoms with van der Waals surface area (Å²) in [7, 11) is 1.80. The molecule has 0 aromatic heterocycles. The number of likely N-dealkylation sites (tertiary alicyclic amines) is 1. The molecule has 1 aliphatic rings. The van der Waals surface area contributed by atoms with Crippen LogP contribution in [-0.4, -0.2) is 56.0 Å². The highest BCUT2D eigenvalue weighted by molar-refractivity contribution is 14.0. The van der Waals surface area contributed by atoms with E-state index in [2.05, 4.69) is 32.8 Å². The van der Waals surface area contributed by atoms with Crippen molar-refractivity contribution in [1.82, 2.24) is 20.9 Å². The van der Waals surface area contributed by atoms with E-state index in [1.807, 2.05) is 31.2 Å². The minimum absolute atomic E-state index is 0. The molecule has 0 saturated carbocycles. The van der Waals surface area contributed by atoms with Crippen LogP contribution in [-0.2, 0) is 6.54 Å². The molecule has 6 nitrogen and oxygen atoms in total. The fraction of sp³-hybridized carbons (Fsp3) is 0.652. The lowest BCUT2D eigenvalue weighted by Gasteiger charge is -2.20. The van der Waals surface area contributed by atoms with E-state index in [4.69, 9.17) is 0 Å². The first-order chi connectivity index (χ1) is 14.1. The molecule has 7 heteroatoms. The number of nitrogens with one attached hydrogen (secondary N) is 3. The van der Waals surface area contributed by atoms with Crippen LogP contribution < -0.4 is 16.0 Å². The average Bonchev–Trinajstić information content (AvgIpc) is 3.02. The van der Waals surface area contributed by atoms with Gasteiger partial charge in [-0.2, -0.15) is 0 Å². The van der Waals surface area contributed by atoms with Gasteiger partial charge >= 0.3 is 0 Å². The van der Waals surface area contributed by atoms with Crippen LogP contribution in [0.5, 0.6) is 0 Å². The van der Waals surface area contributed by atoms with E-state index in [-0.39, 0.29) is 35.9 Å². The van der Waals surface area contributed by atoms with Crippen LogP contribution in [0.2, 0.25) is 0 Å². The summed E-state index contributed by atoms with van der Waals surface area (Å²) in [6, 6.07) is 7.94. The molecule has 3 N–H and O–H groups in total. The summed E-state index contributed by atoms with van der Waals surface area (Å²) in [5.74, 6) is 0.806. The Morgan fingerprint density at radius 2 is 1.77 bits per heavy atom. The van der Waals surface area contributed by atoms with Crippen LogP contribution in [0.1, 0.15) is 68.3 Å². The van der Waals surface area contributed by atoms with E-state index in [0.29, 0.717) is 12.1 Å². The Morgan fingerprint density at radius 3 is 2.37 bits per heavy atom. The predicted molar refractivity (Wildman–Crippen MR) is 137 cm³/mol. The first-order valence-electron chi connectivity index (χ1n) is 11.2. The molecule has 1 heterocycles. The minimum Gasteiger partial charge on any atom is -0.356 e. The van der Waals surface area contributed by atoms with Crippen LogP contribution in [0.15, 0.2) is 29.3 Å². The number of nitrogens with zero attached hydrogens (tertiary/aromatic N) is 2. The van der Waals surface area contributed by atoms with E-state index in [0.717, 1.165) is 37.5 Å². The second-order valence-corrected chi connectivity index (χ2v) is 7.94. The molecule has 0 aliphatic carbocycles. The number of hydrogen-bond acceptors (Lipinski definition) is 3. The summed E-state index contributed by atoms with van der Waals surface area (Å²) in [6.07, 6.45) is 7.51. The fourth-order valence-corrected chi connectivity index (χ4v) is 3.46. The molecule has 1 aromatic carbocycles. The molecular weight excluding hydrogens is 489 g/mol. The summed E-state index contributed by atoms with van der Waals surface area (Å²) < 4.78 is 0. The molecule has 1 atom stereocenters. The van der Waals surface area contributed by atoms with Crippen molar-refractivity contribution in [3.05, 3.63) is 35.4 Å². The molecular formula is C23H40IN5O. The summed E-state index contributed by atoms with van der Waals surface area (Å²) in [6.45, 7) is 9.34. The largest absolute Gasteiger partial charge is 0.356 e. The monoisotopic (exact) mass is 529 g/mol. The molecule has 1 amide bonds. The number of halogens is 1. The number of aliphatic imine (C=N–C) groups is 1. The lowest BCUT2D eigenvalue weighted by Crippen LogP contribution is -2.38. The maximum absolute atomic E-state index is 12.2. The smallest absolute Gasteiger partial charge is 0.251 e. The van der Waals surface area contributed by atoms with Gasteiger partial charge < -0.3 is 20.9 Å². The zero-order chi connectivity index (χ0) is 20.9. The SMILES string of the molecule is CCC(C)NC(=O)c1ccc(CNC(=NC)NCCCN2CCCCCC2)cc1.I. The molecule has 0 radical (unpaired) electrons. The van der Waals surface area contributed by atoms with Crippen molar-refractivity contribution in [3.8, 4) is 0 Å². The highest BCUT2D eigenvalue weighted by Gasteiger charge is 2.09.